The number of allylic oxidation sites excluding steroid dienone is 1. The Balaban J connectivity index is 5.47. The van der Waals surface area contributed by atoms with Gasteiger partial charge in [-0.3, -0.25) is 0 Å². The minimum atomic E-state index is -6.54. The highest BCUT2D eigenvalue weighted by atomic mass is 19.3. The maximum absolute atomic E-state index is 12.7. The van der Waals surface area contributed by atoms with Crippen molar-refractivity contribution in [3.8, 4) is 0 Å². The Bertz CT molecular complexity index is 356. The molecule has 0 fully saturated rings. The molecule has 0 aliphatic carbocycles. The first kappa shape index (κ1) is 18.9. The van der Waals surface area contributed by atoms with Gasteiger partial charge in [0.15, 0.2) is 12.3 Å². The maximum Gasteiger partial charge on any atom is 0.369 e. The van der Waals surface area contributed by atoms with Crippen LogP contribution in [0.1, 0.15) is 0 Å². The molecule has 0 radical (unpaired) electrons. The molecule has 0 amide bonds. The number of hydrogen-bond donors (Lipinski definition) is 0. The molecule has 0 N–H and O–H groups in total. The lowest BCUT2D eigenvalue weighted by molar-refractivity contribution is -0.244. The van der Waals surface area contributed by atoms with Crippen LogP contribution in [0.5, 0.6) is 0 Å². The number of alkyl halides is 9. The van der Waals surface area contributed by atoms with Gasteiger partial charge in [0.05, 0.1) is 0 Å². The van der Waals surface area contributed by atoms with E-state index in [2.05, 4.69) is 0 Å². The Labute approximate surface area is 103 Å². The predicted octanol–water partition coefficient (Wildman–Crippen LogP) is 4.61. The van der Waals surface area contributed by atoms with E-state index in [9.17, 15) is 52.7 Å². The molecule has 0 aromatic rings. The van der Waals surface area contributed by atoms with Gasteiger partial charge in [0.25, 0.3) is 6.43 Å². The summed E-state index contributed by atoms with van der Waals surface area (Å²) in [5.41, 5.74) is 0. The van der Waals surface area contributed by atoms with E-state index in [0.29, 0.717) is 0 Å². The number of halogens is 12. The summed E-state index contributed by atoms with van der Waals surface area (Å²) in [6.45, 7) is 0. The molecule has 0 aromatic heterocycles. The first-order chi connectivity index (χ1) is 8.78. The van der Waals surface area contributed by atoms with Crippen molar-refractivity contribution in [3.63, 3.8) is 0 Å². The van der Waals surface area contributed by atoms with Crippen molar-refractivity contribution in [2.45, 2.75) is 36.8 Å². The SMILES string of the molecule is FC(F)=C(F)C(F)(F)C(F)(F)C(F)C(F)C(F)C(F)F. The van der Waals surface area contributed by atoms with E-state index >= 15 is 0 Å². The van der Waals surface area contributed by atoms with Gasteiger partial charge in [-0.25, -0.2) is 22.0 Å². The van der Waals surface area contributed by atoms with Crippen LogP contribution in [-0.4, -0.2) is 36.8 Å². The van der Waals surface area contributed by atoms with Crippen LogP contribution < -0.4 is 0 Å². The quantitative estimate of drug-likeness (QED) is 0.625. The van der Waals surface area contributed by atoms with Crippen LogP contribution in [-0.2, 0) is 0 Å². The average Bonchev–Trinajstić information content (AvgIpc) is 2.34. The van der Waals surface area contributed by atoms with Crippen molar-refractivity contribution in [1.29, 1.82) is 0 Å². The second kappa shape index (κ2) is 6.12. The van der Waals surface area contributed by atoms with Crippen molar-refractivity contribution in [2.24, 2.45) is 0 Å². The molecule has 0 rings (SSSR count). The van der Waals surface area contributed by atoms with Gasteiger partial charge < -0.3 is 0 Å². The van der Waals surface area contributed by atoms with Gasteiger partial charge in [-0.15, -0.1) is 0 Å². The summed E-state index contributed by atoms with van der Waals surface area (Å²) in [6, 6.07) is 0. The molecule has 3 atom stereocenters. The molecular weight excluding hydrogens is 324 g/mol. The first-order valence-corrected chi connectivity index (χ1v) is 4.45. The molecule has 0 saturated carbocycles. The lowest BCUT2D eigenvalue weighted by Crippen LogP contribution is -2.54. The lowest BCUT2D eigenvalue weighted by Gasteiger charge is -2.29. The molecule has 0 heterocycles. The van der Waals surface area contributed by atoms with Crippen molar-refractivity contribution in [1.82, 2.24) is 0 Å². The van der Waals surface area contributed by atoms with Crippen LogP contribution in [0, 0.1) is 0 Å². The highest BCUT2D eigenvalue weighted by Crippen LogP contribution is 2.47. The van der Waals surface area contributed by atoms with Gasteiger partial charge in [0.1, 0.15) is 0 Å². The molecule has 20 heavy (non-hydrogen) atoms. The van der Waals surface area contributed by atoms with E-state index in [1.165, 1.54) is 0 Å². The van der Waals surface area contributed by atoms with E-state index in [4.69, 9.17) is 0 Å². The molecule has 12 heteroatoms. The zero-order valence-electron chi connectivity index (χ0n) is 8.84. The number of rotatable bonds is 6. The summed E-state index contributed by atoms with van der Waals surface area (Å²) in [4.78, 5) is 0. The van der Waals surface area contributed by atoms with Gasteiger partial charge in [0, 0.05) is 0 Å². The third-order valence-electron chi connectivity index (χ3n) is 2.03. The van der Waals surface area contributed by atoms with Crippen molar-refractivity contribution in [3.05, 3.63) is 11.9 Å². The molecular formula is C8H4F12. The predicted molar refractivity (Wildman–Crippen MR) is 40.9 cm³/mol. The van der Waals surface area contributed by atoms with Gasteiger partial charge in [0.2, 0.25) is 12.0 Å². The lowest BCUT2D eigenvalue weighted by atomic mass is 9.99. The third kappa shape index (κ3) is 3.32. The van der Waals surface area contributed by atoms with Crippen LogP contribution in [0.4, 0.5) is 52.7 Å². The first-order valence-electron chi connectivity index (χ1n) is 4.45. The Morgan fingerprint density at radius 1 is 0.700 bits per heavy atom. The fraction of sp³-hybridized carbons (Fsp3) is 0.750. The van der Waals surface area contributed by atoms with Crippen LogP contribution in [0.25, 0.3) is 0 Å². The maximum atomic E-state index is 12.7. The average molecular weight is 328 g/mol. The van der Waals surface area contributed by atoms with E-state index in [-0.39, 0.29) is 0 Å². The zero-order valence-corrected chi connectivity index (χ0v) is 8.84. The largest absolute Gasteiger partial charge is 0.369 e. The second-order valence-electron chi connectivity index (χ2n) is 3.40. The third-order valence-corrected chi connectivity index (χ3v) is 2.03. The number of hydrogen-bond acceptors (Lipinski definition) is 0. The normalized spacial score (nSPS) is 17.9. The van der Waals surface area contributed by atoms with E-state index in [1.54, 1.807) is 0 Å². The monoisotopic (exact) mass is 328 g/mol. The van der Waals surface area contributed by atoms with Gasteiger partial charge in [-0.05, 0) is 0 Å². The molecule has 0 nitrogen and oxygen atoms in total. The molecule has 0 aliphatic heterocycles. The van der Waals surface area contributed by atoms with Crippen LogP contribution in [0.15, 0.2) is 11.9 Å². The summed E-state index contributed by atoms with van der Waals surface area (Å²) in [6.07, 6.45) is -22.0. The molecule has 0 spiro atoms. The Morgan fingerprint density at radius 3 is 1.40 bits per heavy atom. The molecule has 120 valence electrons. The van der Waals surface area contributed by atoms with Crippen LogP contribution in [0.3, 0.4) is 0 Å². The van der Waals surface area contributed by atoms with E-state index < -0.39 is 48.7 Å². The van der Waals surface area contributed by atoms with Crippen molar-refractivity contribution < 1.29 is 52.7 Å². The molecule has 0 aromatic carbocycles. The summed E-state index contributed by atoms with van der Waals surface area (Å²) in [7, 11) is 0. The Kier molecular flexibility index (Phi) is 5.78. The van der Waals surface area contributed by atoms with E-state index in [1.807, 2.05) is 0 Å². The molecule has 0 saturated heterocycles. The van der Waals surface area contributed by atoms with Crippen LogP contribution >= 0.6 is 0 Å². The van der Waals surface area contributed by atoms with Crippen molar-refractivity contribution >= 4 is 0 Å². The minimum Gasteiger partial charge on any atom is -0.241 e. The van der Waals surface area contributed by atoms with Crippen molar-refractivity contribution in [2.75, 3.05) is 0 Å². The smallest absolute Gasteiger partial charge is 0.241 e. The topological polar surface area (TPSA) is 0 Å². The zero-order chi connectivity index (χ0) is 16.5. The molecule has 0 aliphatic rings. The van der Waals surface area contributed by atoms with E-state index in [0.717, 1.165) is 0 Å². The second-order valence-corrected chi connectivity index (χ2v) is 3.40. The van der Waals surface area contributed by atoms with Gasteiger partial charge in [-0.2, -0.15) is 30.7 Å². The van der Waals surface area contributed by atoms with Gasteiger partial charge in [-0.1, -0.05) is 0 Å². The Hall–Kier alpha value is -1.10. The summed E-state index contributed by atoms with van der Waals surface area (Å²) in [5, 5.41) is 0. The minimum absolute atomic E-state index is 3.96. The summed E-state index contributed by atoms with van der Waals surface area (Å²) in [5.74, 6) is -17.1. The molecule has 0 bridgehead atoms. The summed E-state index contributed by atoms with van der Waals surface area (Å²) >= 11 is 0. The summed E-state index contributed by atoms with van der Waals surface area (Å²) < 4.78 is 146. The fourth-order valence-corrected chi connectivity index (χ4v) is 0.939. The fourth-order valence-electron chi connectivity index (χ4n) is 0.939. The molecule has 3 unspecified atom stereocenters. The van der Waals surface area contributed by atoms with Gasteiger partial charge >= 0.3 is 17.9 Å². The highest BCUT2D eigenvalue weighted by molar-refractivity contribution is 5.14. The highest BCUT2D eigenvalue weighted by Gasteiger charge is 2.69. The Morgan fingerprint density at radius 2 is 1.10 bits per heavy atom. The van der Waals surface area contributed by atoms with Crippen LogP contribution in [0.2, 0.25) is 0 Å². The standard InChI is InChI=1S/C8H4F12/c9-1(2(10)5(13)14)3(11)7(17,18)8(19,20)4(12)6(15)16/h1-3,5H.